The second kappa shape index (κ2) is 16.7. The van der Waals surface area contributed by atoms with Gasteiger partial charge in [-0.3, -0.25) is 4.79 Å². The second-order valence-electron chi connectivity index (χ2n) is 8.52. The largest absolute Gasteiger partial charge is 0.325 e. The van der Waals surface area contributed by atoms with Gasteiger partial charge in [-0.15, -0.1) is 11.8 Å². The van der Waals surface area contributed by atoms with Gasteiger partial charge in [0.15, 0.2) is 0 Å². The number of thioether (sulfide) groups is 1. The lowest BCUT2D eigenvalue weighted by Crippen LogP contribution is -2.12. The van der Waals surface area contributed by atoms with Crippen LogP contribution in [0.1, 0.15) is 96.8 Å². The highest BCUT2D eigenvalue weighted by Gasteiger charge is 2.11. The first-order chi connectivity index (χ1) is 15.8. The highest BCUT2D eigenvalue weighted by molar-refractivity contribution is 7.98. The van der Waals surface area contributed by atoms with Crippen LogP contribution >= 0.6 is 11.8 Å². The molecule has 0 aliphatic carbocycles. The van der Waals surface area contributed by atoms with Gasteiger partial charge in [0, 0.05) is 22.1 Å². The predicted octanol–water partition coefficient (Wildman–Crippen LogP) is 8.33. The number of amides is 1. The zero-order chi connectivity index (χ0) is 22.9. The molecule has 5 heteroatoms. The Morgan fingerprint density at radius 3 is 2.19 bits per heavy atom. The molecule has 2 rings (SSSR count). The van der Waals surface area contributed by atoms with Crippen molar-refractivity contribution in [2.45, 2.75) is 102 Å². The van der Waals surface area contributed by atoms with Crippen LogP contribution in [-0.4, -0.2) is 22.4 Å². The maximum atomic E-state index is 12.5. The van der Waals surface area contributed by atoms with Crippen LogP contribution in [-0.2, 0) is 4.79 Å². The summed E-state index contributed by atoms with van der Waals surface area (Å²) in [4.78, 5) is 13.6. The minimum atomic E-state index is 0.0854. The van der Waals surface area contributed by atoms with E-state index in [0.717, 1.165) is 34.2 Å². The molecule has 0 fully saturated rings. The number of allylic oxidation sites excluding steroid dienone is 2. The van der Waals surface area contributed by atoms with E-state index in [1.807, 2.05) is 18.4 Å². The van der Waals surface area contributed by atoms with Gasteiger partial charge in [-0.25, -0.2) is 0 Å². The van der Waals surface area contributed by atoms with Crippen molar-refractivity contribution in [3.05, 3.63) is 36.7 Å². The van der Waals surface area contributed by atoms with Gasteiger partial charge in [-0.05, 0) is 44.4 Å². The van der Waals surface area contributed by atoms with Crippen LogP contribution in [0.2, 0.25) is 0 Å². The van der Waals surface area contributed by atoms with Gasteiger partial charge in [-0.1, -0.05) is 76.5 Å². The van der Waals surface area contributed by atoms with Gasteiger partial charge >= 0.3 is 0 Å². The maximum Gasteiger partial charge on any atom is 0.224 e. The third-order valence-corrected chi connectivity index (χ3v) is 6.62. The smallest absolute Gasteiger partial charge is 0.224 e. The molecule has 0 spiro atoms. The van der Waals surface area contributed by atoms with Crippen LogP contribution in [0, 0.1) is 0 Å². The average molecular weight is 456 g/mol. The van der Waals surface area contributed by atoms with Crippen LogP contribution in [0.25, 0.3) is 10.8 Å². The van der Waals surface area contributed by atoms with Crippen molar-refractivity contribution in [3.8, 4) is 0 Å². The highest BCUT2D eigenvalue weighted by Crippen LogP contribution is 2.32. The van der Waals surface area contributed by atoms with Gasteiger partial charge in [-0.2, -0.15) is 10.2 Å². The fraction of sp³-hybridized carbons (Fsp3) is 0.593. The predicted molar refractivity (Wildman–Crippen MR) is 139 cm³/mol. The van der Waals surface area contributed by atoms with E-state index in [1.54, 1.807) is 24.2 Å². The van der Waals surface area contributed by atoms with Gasteiger partial charge in [0.05, 0.1) is 18.1 Å². The normalized spacial score (nSPS) is 11.4. The Kier molecular flexibility index (Phi) is 13.8. The minimum Gasteiger partial charge on any atom is -0.325 e. The number of nitrogens with zero attached hydrogens (tertiary/aromatic N) is 2. The van der Waals surface area contributed by atoms with Crippen molar-refractivity contribution in [2.75, 3.05) is 11.6 Å². The van der Waals surface area contributed by atoms with Gasteiger partial charge < -0.3 is 5.32 Å². The van der Waals surface area contributed by atoms with E-state index >= 15 is 0 Å². The molecule has 32 heavy (non-hydrogen) atoms. The van der Waals surface area contributed by atoms with Crippen molar-refractivity contribution in [2.24, 2.45) is 0 Å². The van der Waals surface area contributed by atoms with E-state index in [1.165, 1.54) is 70.6 Å². The Morgan fingerprint density at radius 2 is 1.50 bits per heavy atom. The molecule has 1 amide bonds. The average Bonchev–Trinajstić information content (AvgIpc) is 2.81. The van der Waals surface area contributed by atoms with Crippen molar-refractivity contribution >= 4 is 34.1 Å². The lowest BCUT2D eigenvalue weighted by Gasteiger charge is -2.12. The lowest BCUT2D eigenvalue weighted by atomic mass is 10.1. The molecule has 0 aliphatic heterocycles. The molecular weight excluding hydrogens is 414 g/mol. The lowest BCUT2D eigenvalue weighted by molar-refractivity contribution is -0.116. The fourth-order valence-corrected chi connectivity index (χ4v) is 4.48. The number of rotatable bonds is 17. The molecule has 2 aromatic rings. The zero-order valence-electron chi connectivity index (χ0n) is 20.1. The standard InChI is InChI=1S/C27H41N3OS/c1-3-4-5-6-7-8-9-10-11-12-13-14-15-16-17-18-26(31)30-27-24-22-29-28-21-23(24)19-20-25(27)32-2/h10-11,19-22H,3-9,12-18H2,1-2H3,(H,30,31). The third-order valence-electron chi connectivity index (χ3n) is 5.84. The molecule has 1 aromatic carbocycles. The summed E-state index contributed by atoms with van der Waals surface area (Å²) in [5, 5.41) is 13.0. The van der Waals surface area contributed by atoms with E-state index in [9.17, 15) is 4.79 Å². The number of carbonyl (C=O) groups is 1. The topological polar surface area (TPSA) is 54.9 Å². The van der Waals surface area contributed by atoms with Crippen molar-refractivity contribution in [1.82, 2.24) is 10.2 Å². The molecule has 0 atom stereocenters. The van der Waals surface area contributed by atoms with E-state index < -0.39 is 0 Å². The number of unbranched alkanes of at least 4 members (excludes halogenated alkanes) is 11. The van der Waals surface area contributed by atoms with Crippen molar-refractivity contribution in [1.29, 1.82) is 0 Å². The van der Waals surface area contributed by atoms with Crippen LogP contribution in [0.4, 0.5) is 5.69 Å². The number of fused-ring (bicyclic) bond motifs is 1. The molecule has 4 nitrogen and oxygen atoms in total. The minimum absolute atomic E-state index is 0.0854. The first kappa shape index (κ1) is 26.4. The number of hydrogen-bond acceptors (Lipinski definition) is 4. The molecular formula is C27H41N3OS. The van der Waals surface area contributed by atoms with Crippen LogP contribution < -0.4 is 5.32 Å². The number of carbonyl (C=O) groups excluding carboxylic acids is 1. The second-order valence-corrected chi connectivity index (χ2v) is 9.37. The Bertz CT molecular complexity index is 822. The Labute approximate surface area is 199 Å². The van der Waals surface area contributed by atoms with Gasteiger partial charge in [0.1, 0.15) is 0 Å². The number of anilines is 1. The summed E-state index contributed by atoms with van der Waals surface area (Å²) >= 11 is 1.63. The first-order valence-corrected chi connectivity index (χ1v) is 13.7. The van der Waals surface area contributed by atoms with E-state index in [4.69, 9.17) is 0 Å². The van der Waals surface area contributed by atoms with Crippen molar-refractivity contribution < 1.29 is 4.79 Å². The van der Waals surface area contributed by atoms with E-state index in [0.29, 0.717) is 6.42 Å². The summed E-state index contributed by atoms with van der Waals surface area (Å²) in [6.07, 6.45) is 27.2. The summed E-state index contributed by atoms with van der Waals surface area (Å²) < 4.78 is 0. The van der Waals surface area contributed by atoms with E-state index in [-0.39, 0.29) is 5.91 Å². The summed E-state index contributed by atoms with van der Waals surface area (Å²) in [7, 11) is 0. The molecule has 1 aromatic heterocycles. The molecule has 0 saturated carbocycles. The Hall–Kier alpha value is -1.88. The summed E-state index contributed by atoms with van der Waals surface area (Å²) in [6.45, 7) is 2.27. The molecule has 176 valence electrons. The summed E-state index contributed by atoms with van der Waals surface area (Å²) in [5.41, 5.74) is 0.864. The number of nitrogens with one attached hydrogen (secondary N) is 1. The Morgan fingerprint density at radius 1 is 0.875 bits per heavy atom. The molecule has 1 heterocycles. The van der Waals surface area contributed by atoms with Crippen LogP contribution in [0.3, 0.4) is 0 Å². The number of hydrogen-bond donors (Lipinski definition) is 1. The number of aromatic nitrogens is 2. The van der Waals surface area contributed by atoms with E-state index in [2.05, 4.69) is 34.6 Å². The van der Waals surface area contributed by atoms with Crippen LogP contribution in [0.15, 0.2) is 41.6 Å². The zero-order valence-corrected chi connectivity index (χ0v) is 20.9. The molecule has 0 saturated heterocycles. The molecule has 0 aliphatic rings. The van der Waals surface area contributed by atoms with Gasteiger partial charge in [0.25, 0.3) is 0 Å². The maximum absolute atomic E-state index is 12.5. The molecule has 1 N–H and O–H groups in total. The van der Waals surface area contributed by atoms with Crippen LogP contribution in [0.5, 0.6) is 0 Å². The third kappa shape index (κ3) is 10.2. The highest BCUT2D eigenvalue weighted by atomic mass is 32.2. The molecule has 0 unspecified atom stereocenters. The quantitative estimate of drug-likeness (QED) is 0.148. The van der Waals surface area contributed by atoms with Crippen molar-refractivity contribution in [3.63, 3.8) is 0 Å². The molecule has 0 bridgehead atoms. The monoisotopic (exact) mass is 455 g/mol. The fourth-order valence-electron chi connectivity index (χ4n) is 3.91. The Balaban J connectivity index is 1.54. The van der Waals surface area contributed by atoms with Gasteiger partial charge in [0.2, 0.25) is 5.91 Å². The first-order valence-electron chi connectivity index (χ1n) is 12.5. The number of benzene rings is 1. The summed E-state index contributed by atoms with van der Waals surface area (Å²) in [5.74, 6) is 0.0854. The molecule has 0 radical (unpaired) electrons. The summed E-state index contributed by atoms with van der Waals surface area (Å²) in [6, 6.07) is 4.06. The SMILES string of the molecule is CCCCCCCCC=CCCCCCCCC(=O)Nc1c(SC)ccc2cnncc12.